The number of benzene rings is 1. The molecular weight excluding hydrogens is 236 g/mol. The topological polar surface area (TPSA) is 23.6 Å². The SMILES string of the molecule is Cc1ccccc1CC(=O)N(C)CCN1CCCC1. The monoisotopic (exact) mass is 260 g/mol. The average molecular weight is 260 g/mol. The summed E-state index contributed by atoms with van der Waals surface area (Å²) in [6, 6.07) is 8.12. The second-order valence-electron chi connectivity index (χ2n) is 5.47. The molecular formula is C16H24N2O. The maximum absolute atomic E-state index is 12.2. The van der Waals surface area contributed by atoms with Gasteiger partial charge in [-0.25, -0.2) is 0 Å². The molecule has 0 spiro atoms. The van der Waals surface area contributed by atoms with E-state index in [1.807, 2.05) is 30.1 Å². The fourth-order valence-electron chi connectivity index (χ4n) is 2.53. The van der Waals surface area contributed by atoms with E-state index in [2.05, 4.69) is 17.9 Å². The lowest BCUT2D eigenvalue weighted by Gasteiger charge is -2.21. The summed E-state index contributed by atoms with van der Waals surface area (Å²) in [5.41, 5.74) is 2.34. The van der Waals surface area contributed by atoms with Crippen molar-refractivity contribution in [1.82, 2.24) is 9.80 Å². The summed E-state index contributed by atoms with van der Waals surface area (Å²) in [6.07, 6.45) is 3.13. The minimum atomic E-state index is 0.216. The molecule has 3 heteroatoms. The fourth-order valence-corrected chi connectivity index (χ4v) is 2.53. The van der Waals surface area contributed by atoms with Gasteiger partial charge in [0.15, 0.2) is 0 Å². The number of amides is 1. The van der Waals surface area contributed by atoms with Gasteiger partial charge in [-0.15, -0.1) is 0 Å². The molecule has 1 heterocycles. The van der Waals surface area contributed by atoms with Crippen LogP contribution in [0.5, 0.6) is 0 Å². The number of hydrogen-bond donors (Lipinski definition) is 0. The summed E-state index contributed by atoms with van der Waals surface area (Å²) < 4.78 is 0. The van der Waals surface area contributed by atoms with E-state index in [0.717, 1.165) is 18.7 Å². The Balaban J connectivity index is 1.80. The molecule has 0 unspecified atom stereocenters. The number of nitrogens with zero attached hydrogens (tertiary/aromatic N) is 2. The number of carbonyl (C=O) groups is 1. The van der Waals surface area contributed by atoms with Crippen LogP contribution in [0.3, 0.4) is 0 Å². The third-order valence-corrected chi connectivity index (χ3v) is 3.98. The van der Waals surface area contributed by atoms with Gasteiger partial charge in [0.05, 0.1) is 6.42 Å². The molecule has 1 aromatic carbocycles. The van der Waals surface area contributed by atoms with Gasteiger partial charge in [0.1, 0.15) is 0 Å². The van der Waals surface area contributed by atoms with Crippen molar-refractivity contribution in [3.63, 3.8) is 0 Å². The molecule has 0 bridgehead atoms. The van der Waals surface area contributed by atoms with E-state index in [9.17, 15) is 4.79 Å². The predicted octanol–water partition coefficient (Wildman–Crippen LogP) is 2.09. The number of carbonyl (C=O) groups excluding carboxylic acids is 1. The Bertz CT molecular complexity index is 425. The molecule has 0 saturated carbocycles. The van der Waals surface area contributed by atoms with Crippen LogP contribution in [0.1, 0.15) is 24.0 Å². The molecule has 0 atom stereocenters. The summed E-state index contributed by atoms with van der Waals surface area (Å²) in [5, 5.41) is 0. The summed E-state index contributed by atoms with van der Waals surface area (Å²) >= 11 is 0. The molecule has 1 saturated heterocycles. The minimum Gasteiger partial charge on any atom is -0.344 e. The highest BCUT2D eigenvalue weighted by atomic mass is 16.2. The molecule has 19 heavy (non-hydrogen) atoms. The van der Waals surface area contributed by atoms with Crippen molar-refractivity contribution in [2.75, 3.05) is 33.2 Å². The van der Waals surface area contributed by atoms with Crippen LogP contribution in [0.2, 0.25) is 0 Å². The lowest BCUT2D eigenvalue weighted by Crippen LogP contribution is -2.36. The van der Waals surface area contributed by atoms with Gasteiger partial charge in [0.2, 0.25) is 5.91 Å². The minimum absolute atomic E-state index is 0.216. The number of hydrogen-bond acceptors (Lipinski definition) is 2. The Labute approximate surface area is 116 Å². The van der Waals surface area contributed by atoms with Gasteiger partial charge < -0.3 is 9.80 Å². The van der Waals surface area contributed by atoms with Crippen molar-refractivity contribution in [1.29, 1.82) is 0 Å². The van der Waals surface area contributed by atoms with Crippen LogP contribution in [0.4, 0.5) is 0 Å². The molecule has 0 aliphatic carbocycles. The zero-order valence-corrected chi connectivity index (χ0v) is 12.1. The first-order chi connectivity index (χ1) is 9.16. The van der Waals surface area contributed by atoms with Crippen LogP contribution in [0, 0.1) is 6.92 Å². The van der Waals surface area contributed by atoms with Gasteiger partial charge in [0, 0.05) is 20.1 Å². The Hall–Kier alpha value is -1.35. The summed E-state index contributed by atoms with van der Waals surface area (Å²) in [7, 11) is 1.91. The first-order valence-electron chi connectivity index (χ1n) is 7.17. The van der Waals surface area contributed by atoms with Crippen molar-refractivity contribution >= 4 is 5.91 Å². The van der Waals surface area contributed by atoms with Gasteiger partial charge in [0.25, 0.3) is 0 Å². The molecule has 3 nitrogen and oxygen atoms in total. The van der Waals surface area contributed by atoms with Crippen LogP contribution in [0.15, 0.2) is 24.3 Å². The molecule has 1 amide bonds. The standard InChI is InChI=1S/C16H24N2O/c1-14-7-3-4-8-15(14)13-16(19)17(2)11-12-18-9-5-6-10-18/h3-4,7-8H,5-6,9-13H2,1-2H3. The van der Waals surface area contributed by atoms with E-state index in [4.69, 9.17) is 0 Å². The fraction of sp³-hybridized carbons (Fsp3) is 0.562. The van der Waals surface area contributed by atoms with Crippen molar-refractivity contribution in [3.8, 4) is 0 Å². The van der Waals surface area contributed by atoms with E-state index < -0.39 is 0 Å². The zero-order valence-electron chi connectivity index (χ0n) is 12.1. The smallest absolute Gasteiger partial charge is 0.226 e. The molecule has 1 aromatic rings. The van der Waals surface area contributed by atoms with Crippen molar-refractivity contribution in [2.24, 2.45) is 0 Å². The molecule has 0 radical (unpaired) electrons. The lowest BCUT2D eigenvalue weighted by molar-refractivity contribution is -0.129. The van der Waals surface area contributed by atoms with E-state index in [1.54, 1.807) is 0 Å². The largest absolute Gasteiger partial charge is 0.344 e. The van der Waals surface area contributed by atoms with Gasteiger partial charge >= 0.3 is 0 Å². The Kier molecular flexibility index (Phi) is 4.97. The predicted molar refractivity (Wildman–Crippen MR) is 78.2 cm³/mol. The number of rotatable bonds is 5. The van der Waals surface area contributed by atoms with Crippen LogP contribution in [-0.2, 0) is 11.2 Å². The summed E-state index contributed by atoms with van der Waals surface area (Å²) in [5.74, 6) is 0.216. The molecule has 2 rings (SSSR count). The average Bonchev–Trinajstić information content (AvgIpc) is 2.91. The van der Waals surface area contributed by atoms with Gasteiger partial charge in [-0.2, -0.15) is 0 Å². The first-order valence-corrected chi connectivity index (χ1v) is 7.17. The third-order valence-electron chi connectivity index (χ3n) is 3.98. The van der Waals surface area contributed by atoms with Crippen molar-refractivity contribution < 1.29 is 4.79 Å². The van der Waals surface area contributed by atoms with E-state index in [0.29, 0.717) is 6.42 Å². The van der Waals surface area contributed by atoms with E-state index >= 15 is 0 Å². The summed E-state index contributed by atoms with van der Waals surface area (Å²) in [4.78, 5) is 16.5. The molecule has 1 fully saturated rings. The van der Waals surface area contributed by atoms with Crippen LogP contribution < -0.4 is 0 Å². The molecule has 1 aliphatic heterocycles. The maximum atomic E-state index is 12.2. The van der Waals surface area contributed by atoms with Crippen LogP contribution in [0.25, 0.3) is 0 Å². The second kappa shape index (κ2) is 6.71. The Morgan fingerprint density at radius 3 is 2.63 bits per heavy atom. The number of likely N-dealkylation sites (N-methyl/N-ethyl adjacent to an activating group) is 1. The zero-order chi connectivity index (χ0) is 13.7. The molecule has 1 aliphatic rings. The highest BCUT2D eigenvalue weighted by Crippen LogP contribution is 2.10. The first kappa shape index (κ1) is 14.1. The number of likely N-dealkylation sites (tertiary alicyclic amines) is 1. The Morgan fingerprint density at radius 1 is 1.26 bits per heavy atom. The highest BCUT2D eigenvalue weighted by molar-refractivity contribution is 5.78. The van der Waals surface area contributed by atoms with Gasteiger partial charge in [-0.1, -0.05) is 24.3 Å². The molecule has 0 aromatic heterocycles. The summed E-state index contributed by atoms with van der Waals surface area (Å²) in [6.45, 7) is 6.30. The van der Waals surface area contributed by atoms with Gasteiger partial charge in [-0.3, -0.25) is 4.79 Å². The van der Waals surface area contributed by atoms with E-state index in [-0.39, 0.29) is 5.91 Å². The molecule has 104 valence electrons. The Morgan fingerprint density at radius 2 is 1.95 bits per heavy atom. The lowest BCUT2D eigenvalue weighted by atomic mass is 10.1. The third kappa shape index (κ3) is 4.06. The van der Waals surface area contributed by atoms with Gasteiger partial charge in [-0.05, 0) is 44.0 Å². The van der Waals surface area contributed by atoms with Crippen molar-refractivity contribution in [2.45, 2.75) is 26.2 Å². The highest BCUT2D eigenvalue weighted by Gasteiger charge is 2.14. The normalized spacial score (nSPS) is 15.7. The number of aryl methyl sites for hydroxylation is 1. The van der Waals surface area contributed by atoms with E-state index in [1.165, 1.54) is 31.5 Å². The molecule has 0 N–H and O–H groups in total. The quantitative estimate of drug-likeness (QED) is 0.809. The maximum Gasteiger partial charge on any atom is 0.226 e. The van der Waals surface area contributed by atoms with Crippen LogP contribution in [-0.4, -0.2) is 48.9 Å². The second-order valence-corrected chi connectivity index (χ2v) is 5.47. The van der Waals surface area contributed by atoms with Crippen LogP contribution >= 0.6 is 0 Å². The van der Waals surface area contributed by atoms with Crippen molar-refractivity contribution in [3.05, 3.63) is 35.4 Å².